The minimum absolute atomic E-state index is 0.130. The Bertz CT molecular complexity index is 265. The van der Waals surface area contributed by atoms with Crippen LogP contribution in [0.25, 0.3) is 0 Å². The van der Waals surface area contributed by atoms with Crippen molar-refractivity contribution in [3.05, 3.63) is 29.3 Å². The third-order valence-corrected chi connectivity index (χ3v) is 1.97. The van der Waals surface area contributed by atoms with E-state index in [0.717, 1.165) is 12.3 Å². The van der Waals surface area contributed by atoms with Gasteiger partial charge in [0.15, 0.2) is 0 Å². The van der Waals surface area contributed by atoms with Crippen molar-refractivity contribution in [1.82, 2.24) is 5.32 Å². The van der Waals surface area contributed by atoms with Crippen molar-refractivity contribution in [3.63, 3.8) is 0 Å². The molecule has 0 radical (unpaired) electrons. The van der Waals surface area contributed by atoms with Gasteiger partial charge in [-0.3, -0.25) is 0 Å². The van der Waals surface area contributed by atoms with Crippen molar-refractivity contribution < 1.29 is 4.74 Å². The molecule has 1 rings (SSSR count). The van der Waals surface area contributed by atoms with Crippen molar-refractivity contribution >= 4 is 11.6 Å². The first-order chi connectivity index (χ1) is 6.24. The lowest BCUT2D eigenvalue weighted by molar-refractivity contribution is 0.221. The SMILES string of the molecule is CNCC(C)Oc1ccccc1Cl. The summed E-state index contributed by atoms with van der Waals surface area (Å²) in [5, 5.41) is 3.70. The summed E-state index contributed by atoms with van der Waals surface area (Å²) < 4.78 is 5.59. The maximum absolute atomic E-state index is 5.92. The third kappa shape index (κ3) is 3.25. The first-order valence-corrected chi connectivity index (χ1v) is 4.67. The van der Waals surface area contributed by atoms with Crippen LogP contribution in [0, 0.1) is 0 Å². The molecule has 13 heavy (non-hydrogen) atoms. The van der Waals surface area contributed by atoms with Crippen molar-refractivity contribution in [2.45, 2.75) is 13.0 Å². The quantitative estimate of drug-likeness (QED) is 0.804. The normalized spacial score (nSPS) is 12.5. The number of rotatable bonds is 4. The first-order valence-electron chi connectivity index (χ1n) is 4.30. The fourth-order valence-corrected chi connectivity index (χ4v) is 1.27. The second-order valence-corrected chi connectivity index (χ2v) is 3.32. The second-order valence-electron chi connectivity index (χ2n) is 2.92. The van der Waals surface area contributed by atoms with Crippen LogP contribution in [0.3, 0.4) is 0 Å². The molecule has 0 spiro atoms. The van der Waals surface area contributed by atoms with Crippen LogP contribution in [-0.4, -0.2) is 19.7 Å². The number of ether oxygens (including phenoxy) is 1. The number of benzene rings is 1. The fraction of sp³-hybridized carbons (Fsp3) is 0.400. The van der Waals surface area contributed by atoms with Crippen LogP contribution in [0.15, 0.2) is 24.3 Å². The Balaban J connectivity index is 2.58. The van der Waals surface area contributed by atoms with Crippen LogP contribution in [0.1, 0.15) is 6.92 Å². The minimum Gasteiger partial charge on any atom is -0.488 e. The monoisotopic (exact) mass is 199 g/mol. The van der Waals surface area contributed by atoms with Gasteiger partial charge in [0.05, 0.1) is 5.02 Å². The van der Waals surface area contributed by atoms with E-state index in [1.54, 1.807) is 0 Å². The summed E-state index contributed by atoms with van der Waals surface area (Å²) in [6, 6.07) is 7.49. The summed E-state index contributed by atoms with van der Waals surface area (Å²) in [6.45, 7) is 2.81. The second kappa shape index (κ2) is 5.10. The summed E-state index contributed by atoms with van der Waals surface area (Å²) in [4.78, 5) is 0. The van der Waals surface area contributed by atoms with Gasteiger partial charge in [0, 0.05) is 6.54 Å². The molecular weight excluding hydrogens is 186 g/mol. The molecular formula is C10H14ClNO. The summed E-state index contributed by atoms with van der Waals surface area (Å²) in [7, 11) is 1.90. The van der Waals surface area contributed by atoms with Gasteiger partial charge in [-0.2, -0.15) is 0 Å². The van der Waals surface area contributed by atoms with Crippen molar-refractivity contribution in [1.29, 1.82) is 0 Å². The lowest BCUT2D eigenvalue weighted by Gasteiger charge is -2.14. The van der Waals surface area contributed by atoms with E-state index in [-0.39, 0.29) is 6.10 Å². The zero-order chi connectivity index (χ0) is 9.68. The Morgan fingerprint density at radius 1 is 1.46 bits per heavy atom. The molecule has 1 unspecified atom stereocenters. The van der Waals surface area contributed by atoms with E-state index in [1.807, 2.05) is 38.2 Å². The molecule has 3 heteroatoms. The minimum atomic E-state index is 0.130. The topological polar surface area (TPSA) is 21.3 Å². The van der Waals surface area contributed by atoms with E-state index in [4.69, 9.17) is 16.3 Å². The van der Waals surface area contributed by atoms with Crippen LogP contribution in [-0.2, 0) is 0 Å². The van der Waals surface area contributed by atoms with Gasteiger partial charge in [-0.15, -0.1) is 0 Å². The summed E-state index contributed by atoms with van der Waals surface area (Å²) >= 11 is 5.92. The highest BCUT2D eigenvalue weighted by Gasteiger charge is 2.04. The molecule has 0 fully saturated rings. The van der Waals surface area contributed by atoms with E-state index in [1.165, 1.54) is 0 Å². The average molecular weight is 200 g/mol. The lowest BCUT2D eigenvalue weighted by Crippen LogP contribution is -2.26. The van der Waals surface area contributed by atoms with E-state index in [2.05, 4.69) is 5.32 Å². The van der Waals surface area contributed by atoms with E-state index in [9.17, 15) is 0 Å². The van der Waals surface area contributed by atoms with Gasteiger partial charge in [0.1, 0.15) is 11.9 Å². The number of hydrogen-bond acceptors (Lipinski definition) is 2. The van der Waals surface area contributed by atoms with Gasteiger partial charge < -0.3 is 10.1 Å². The zero-order valence-corrected chi connectivity index (χ0v) is 8.64. The number of likely N-dealkylation sites (N-methyl/N-ethyl adjacent to an activating group) is 1. The smallest absolute Gasteiger partial charge is 0.138 e. The molecule has 0 aliphatic carbocycles. The molecule has 1 aromatic rings. The maximum atomic E-state index is 5.92. The predicted octanol–water partition coefficient (Wildman–Crippen LogP) is 2.33. The van der Waals surface area contributed by atoms with E-state index in [0.29, 0.717) is 5.02 Å². The number of nitrogens with one attached hydrogen (secondary N) is 1. The summed E-state index contributed by atoms with van der Waals surface area (Å²) in [5.74, 6) is 0.743. The Kier molecular flexibility index (Phi) is 4.06. The van der Waals surface area contributed by atoms with Gasteiger partial charge in [-0.1, -0.05) is 23.7 Å². The fourth-order valence-electron chi connectivity index (χ4n) is 1.09. The summed E-state index contributed by atoms with van der Waals surface area (Å²) in [5.41, 5.74) is 0. The molecule has 72 valence electrons. The predicted molar refractivity (Wildman–Crippen MR) is 55.5 cm³/mol. The van der Waals surface area contributed by atoms with Crippen LogP contribution in [0.2, 0.25) is 5.02 Å². The molecule has 1 aromatic carbocycles. The highest BCUT2D eigenvalue weighted by molar-refractivity contribution is 6.32. The van der Waals surface area contributed by atoms with Crippen molar-refractivity contribution in [2.75, 3.05) is 13.6 Å². The Hall–Kier alpha value is -0.730. The Morgan fingerprint density at radius 2 is 2.15 bits per heavy atom. The van der Waals surface area contributed by atoms with Crippen molar-refractivity contribution in [3.8, 4) is 5.75 Å². The van der Waals surface area contributed by atoms with Crippen LogP contribution >= 0.6 is 11.6 Å². The molecule has 0 amide bonds. The van der Waals surface area contributed by atoms with E-state index < -0.39 is 0 Å². The highest BCUT2D eigenvalue weighted by atomic mass is 35.5. The molecule has 0 saturated carbocycles. The van der Waals surface area contributed by atoms with Crippen LogP contribution < -0.4 is 10.1 Å². The van der Waals surface area contributed by atoms with E-state index >= 15 is 0 Å². The molecule has 0 aliphatic rings. The first kappa shape index (κ1) is 10.4. The standard InChI is InChI=1S/C10H14ClNO/c1-8(7-12-2)13-10-6-4-3-5-9(10)11/h3-6,8,12H,7H2,1-2H3. The molecule has 0 aromatic heterocycles. The van der Waals surface area contributed by atoms with Gasteiger partial charge in [-0.25, -0.2) is 0 Å². The third-order valence-electron chi connectivity index (χ3n) is 1.66. The zero-order valence-electron chi connectivity index (χ0n) is 7.88. The number of para-hydroxylation sites is 1. The van der Waals surface area contributed by atoms with Gasteiger partial charge in [-0.05, 0) is 26.1 Å². The van der Waals surface area contributed by atoms with Gasteiger partial charge in [0.2, 0.25) is 0 Å². The molecule has 0 heterocycles. The van der Waals surface area contributed by atoms with Gasteiger partial charge >= 0.3 is 0 Å². The molecule has 0 saturated heterocycles. The molecule has 0 aliphatic heterocycles. The van der Waals surface area contributed by atoms with Crippen molar-refractivity contribution in [2.24, 2.45) is 0 Å². The summed E-state index contributed by atoms with van der Waals surface area (Å²) in [6.07, 6.45) is 0.130. The molecule has 1 N–H and O–H groups in total. The Morgan fingerprint density at radius 3 is 2.77 bits per heavy atom. The average Bonchev–Trinajstić information content (AvgIpc) is 2.09. The highest BCUT2D eigenvalue weighted by Crippen LogP contribution is 2.23. The maximum Gasteiger partial charge on any atom is 0.138 e. The molecule has 1 atom stereocenters. The Labute approximate surface area is 83.9 Å². The lowest BCUT2D eigenvalue weighted by atomic mass is 10.3. The van der Waals surface area contributed by atoms with Crippen LogP contribution in [0.5, 0.6) is 5.75 Å². The number of hydrogen-bond donors (Lipinski definition) is 1. The largest absolute Gasteiger partial charge is 0.488 e. The molecule has 0 bridgehead atoms. The molecule has 2 nitrogen and oxygen atoms in total. The number of halogens is 1. The van der Waals surface area contributed by atoms with Gasteiger partial charge in [0.25, 0.3) is 0 Å². The van der Waals surface area contributed by atoms with Crippen LogP contribution in [0.4, 0.5) is 0 Å².